The van der Waals surface area contributed by atoms with Gasteiger partial charge in [-0.05, 0) is 164 Å². The van der Waals surface area contributed by atoms with Crippen LogP contribution in [0.4, 0.5) is 0 Å². The van der Waals surface area contributed by atoms with E-state index in [2.05, 4.69) is 78.1 Å². The van der Waals surface area contributed by atoms with Gasteiger partial charge in [0.05, 0.1) is 0 Å². The summed E-state index contributed by atoms with van der Waals surface area (Å²) in [7, 11) is 0. The summed E-state index contributed by atoms with van der Waals surface area (Å²) in [5, 5.41) is 2.98. The van der Waals surface area contributed by atoms with Crippen LogP contribution in [0.5, 0.6) is 0 Å². The third-order valence-corrected chi connectivity index (χ3v) is 18.5. The number of thiophene rings is 1. The molecule has 7 fully saturated rings. The fourth-order valence-corrected chi connectivity index (χ4v) is 17.0. The second kappa shape index (κ2) is 12.2. The van der Waals surface area contributed by atoms with Gasteiger partial charge in [-0.3, -0.25) is 0 Å². The Labute approximate surface area is 299 Å². The molecule has 7 saturated carbocycles. The van der Waals surface area contributed by atoms with Gasteiger partial charge < -0.3 is 0 Å². The highest BCUT2D eigenvalue weighted by atomic mass is 32.1. The van der Waals surface area contributed by atoms with Crippen molar-refractivity contribution in [3.8, 4) is 11.1 Å². The number of rotatable bonds is 2. The van der Waals surface area contributed by atoms with Crippen LogP contribution in [0.1, 0.15) is 121 Å². The van der Waals surface area contributed by atoms with Crippen LogP contribution >= 0.6 is 11.3 Å². The monoisotopic (exact) mass is 666 g/mol. The average Bonchev–Trinajstić information content (AvgIpc) is 3.57. The van der Waals surface area contributed by atoms with Gasteiger partial charge in [0.15, 0.2) is 0 Å². The minimum atomic E-state index is 0.744. The normalized spacial score (nSPS) is 41.5. The summed E-state index contributed by atoms with van der Waals surface area (Å²) < 4.78 is 3.09. The number of hydrogen-bond donors (Lipinski definition) is 0. The molecule has 1 heterocycles. The summed E-state index contributed by atoms with van der Waals surface area (Å²) in [5.74, 6) is 13.6. The molecule has 1 aromatic heterocycles. The smallest absolute Gasteiger partial charge is 0.0433 e. The maximum Gasteiger partial charge on any atom is 0.0433 e. The third-order valence-electron chi connectivity index (χ3n) is 17.1. The Morgan fingerprint density at radius 1 is 0.367 bits per heavy atom. The Kier molecular flexibility index (Phi) is 7.62. The zero-order valence-corrected chi connectivity index (χ0v) is 30.6. The summed E-state index contributed by atoms with van der Waals surface area (Å²) in [5.41, 5.74) is 4.47. The molecule has 4 aromatic rings. The van der Waals surface area contributed by atoms with E-state index in [0.29, 0.717) is 0 Å². The van der Waals surface area contributed by atoms with Crippen LogP contribution in [0, 0.1) is 71.0 Å². The highest BCUT2D eigenvalue weighted by molar-refractivity contribution is 7.26. The van der Waals surface area contributed by atoms with Gasteiger partial charge in [-0.25, -0.2) is 0 Å². The molecule has 1 heteroatoms. The van der Waals surface area contributed by atoms with Crippen LogP contribution in [0.25, 0.3) is 31.3 Å². The molecule has 3 aromatic carbocycles. The second-order valence-electron chi connectivity index (χ2n) is 18.7. The summed E-state index contributed by atoms with van der Waals surface area (Å²) in [4.78, 5) is 0. The standard InChI is InChI=1S/C48H58S/c1-2-12-29(13-3-1)31-20-10-22-40-41-23-11-21-32(48(41)49-47(31)40)30-24-25-39-42(26-30)37-18-8-9-19-38(37)45-27-43-35-16-6-4-14-33(35)34-15-5-7-17-36(34)44(43)28-46(39)45/h1-3,10-13,20-23,30,33-39,42-46H,4-9,14-19,24-28H2. The minimum absolute atomic E-state index is 0.744. The molecule has 7 aliphatic carbocycles. The average molecular weight is 667 g/mol. The van der Waals surface area contributed by atoms with Gasteiger partial charge in [0.25, 0.3) is 0 Å². The largest absolute Gasteiger partial charge is 0.134 e. The van der Waals surface area contributed by atoms with Gasteiger partial charge in [-0.2, -0.15) is 0 Å². The molecule has 13 unspecified atom stereocenters. The Balaban J connectivity index is 0.933. The molecule has 0 spiro atoms. The first kappa shape index (κ1) is 30.5. The molecule has 0 amide bonds. The van der Waals surface area contributed by atoms with E-state index in [-0.39, 0.29) is 0 Å². The van der Waals surface area contributed by atoms with E-state index >= 15 is 0 Å². The van der Waals surface area contributed by atoms with E-state index in [1.54, 1.807) is 87.3 Å². The van der Waals surface area contributed by atoms with Crippen LogP contribution in [0.3, 0.4) is 0 Å². The topological polar surface area (TPSA) is 0 Å². The number of hydrogen-bond acceptors (Lipinski definition) is 1. The van der Waals surface area contributed by atoms with Crippen molar-refractivity contribution < 1.29 is 0 Å². The Morgan fingerprint density at radius 3 is 1.41 bits per heavy atom. The molecule has 0 radical (unpaired) electrons. The van der Waals surface area contributed by atoms with Crippen LogP contribution in [0.2, 0.25) is 0 Å². The minimum Gasteiger partial charge on any atom is -0.134 e. The molecule has 0 aliphatic heterocycles. The number of fused-ring (bicyclic) bond motifs is 15. The van der Waals surface area contributed by atoms with Crippen LogP contribution in [-0.4, -0.2) is 0 Å². The lowest BCUT2D eigenvalue weighted by Crippen LogP contribution is -2.57. The summed E-state index contributed by atoms with van der Waals surface area (Å²) >= 11 is 2.11. The Morgan fingerprint density at radius 2 is 0.837 bits per heavy atom. The van der Waals surface area contributed by atoms with Crippen molar-refractivity contribution >= 4 is 31.5 Å². The van der Waals surface area contributed by atoms with E-state index < -0.39 is 0 Å². The Hall–Kier alpha value is -2.12. The molecular formula is C48H58S. The zero-order valence-electron chi connectivity index (χ0n) is 29.8. The van der Waals surface area contributed by atoms with E-state index in [1.807, 2.05) is 0 Å². The summed E-state index contributed by atoms with van der Waals surface area (Å²) in [6.45, 7) is 0. The van der Waals surface area contributed by atoms with Gasteiger partial charge in [-0.15, -0.1) is 11.3 Å². The second-order valence-corrected chi connectivity index (χ2v) is 19.7. The lowest BCUT2D eigenvalue weighted by molar-refractivity contribution is -0.155. The maximum atomic E-state index is 2.56. The van der Waals surface area contributed by atoms with Crippen molar-refractivity contribution in [1.29, 1.82) is 0 Å². The SMILES string of the molecule is c1ccc(-c2cccc3c2sc2c(C4CCC5C(C4)C4CCCCC4C4CC6C7CCCCC7C7CCCCC7C6CC54)cccc23)cc1. The summed E-state index contributed by atoms with van der Waals surface area (Å²) in [6, 6.07) is 25.6. The molecule has 0 N–H and O–H groups in total. The van der Waals surface area contributed by atoms with E-state index in [0.717, 1.165) is 76.9 Å². The zero-order chi connectivity index (χ0) is 32.1. The van der Waals surface area contributed by atoms with E-state index in [4.69, 9.17) is 0 Å². The third kappa shape index (κ3) is 4.78. The van der Waals surface area contributed by atoms with Gasteiger partial charge in [0, 0.05) is 20.2 Å². The van der Waals surface area contributed by atoms with E-state index in [9.17, 15) is 0 Å². The van der Waals surface area contributed by atoms with Gasteiger partial charge in [0.2, 0.25) is 0 Å². The highest BCUT2D eigenvalue weighted by Crippen LogP contribution is 2.68. The van der Waals surface area contributed by atoms with Crippen LogP contribution < -0.4 is 0 Å². The molecule has 49 heavy (non-hydrogen) atoms. The first-order valence-electron chi connectivity index (χ1n) is 21.3. The molecule has 0 saturated heterocycles. The van der Waals surface area contributed by atoms with Gasteiger partial charge >= 0.3 is 0 Å². The maximum absolute atomic E-state index is 2.56. The fraction of sp³-hybridized carbons (Fsp3) is 0.625. The molecule has 0 nitrogen and oxygen atoms in total. The predicted octanol–water partition coefficient (Wildman–Crippen LogP) is 13.9. The van der Waals surface area contributed by atoms with Crippen molar-refractivity contribution in [1.82, 2.24) is 0 Å². The molecular weight excluding hydrogens is 609 g/mol. The van der Waals surface area contributed by atoms with Gasteiger partial charge in [0.1, 0.15) is 0 Å². The first-order chi connectivity index (χ1) is 24.3. The lowest BCUT2D eigenvalue weighted by atomic mass is 9.40. The van der Waals surface area contributed by atoms with Crippen molar-refractivity contribution in [2.24, 2.45) is 71.0 Å². The van der Waals surface area contributed by atoms with Crippen molar-refractivity contribution in [2.45, 2.75) is 115 Å². The molecule has 0 bridgehead atoms. The number of benzene rings is 3. The quantitative estimate of drug-likeness (QED) is 0.200. The fourth-order valence-electron chi connectivity index (χ4n) is 15.6. The van der Waals surface area contributed by atoms with Crippen LogP contribution in [-0.2, 0) is 0 Å². The molecule has 256 valence electrons. The first-order valence-corrected chi connectivity index (χ1v) is 22.1. The van der Waals surface area contributed by atoms with Crippen molar-refractivity contribution in [2.75, 3.05) is 0 Å². The van der Waals surface area contributed by atoms with Crippen molar-refractivity contribution in [3.63, 3.8) is 0 Å². The molecule has 7 aliphatic rings. The highest BCUT2D eigenvalue weighted by Gasteiger charge is 2.59. The van der Waals surface area contributed by atoms with Crippen LogP contribution in [0.15, 0.2) is 66.7 Å². The van der Waals surface area contributed by atoms with Crippen molar-refractivity contribution in [3.05, 3.63) is 72.3 Å². The molecule has 13 atom stereocenters. The Bertz CT molecular complexity index is 1810. The van der Waals surface area contributed by atoms with Gasteiger partial charge in [-0.1, -0.05) is 105 Å². The predicted molar refractivity (Wildman–Crippen MR) is 208 cm³/mol. The summed E-state index contributed by atoms with van der Waals surface area (Å²) in [6.07, 6.45) is 26.5. The van der Waals surface area contributed by atoms with E-state index in [1.165, 1.54) is 58.7 Å². The lowest BCUT2D eigenvalue weighted by Gasteiger charge is -2.65. The molecule has 11 rings (SSSR count).